The molecular formula is C20H16O4W+. The minimum Gasteiger partial charge on any atom is -0.0312 e. The third-order valence-electron chi connectivity index (χ3n) is 2.62. The van der Waals surface area contributed by atoms with Gasteiger partial charge < -0.3 is 4.42 Å². The van der Waals surface area contributed by atoms with Crippen molar-refractivity contribution in [3.05, 3.63) is 100 Å². The van der Waals surface area contributed by atoms with Crippen LogP contribution in [-0.2, 0) is 41.4 Å². The molecule has 125 valence electrons. The SMILES string of the molecule is CCc1oc[c-]c1-c1ccccc1.[C-]#[O+].[C-]#[O+].[C-]#[O+].[CH]1[CH][CH][CH][CH]1.[W+2]. The molecule has 0 saturated heterocycles. The Balaban J connectivity index is -0.000000340. The summed E-state index contributed by atoms with van der Waals surface area (Å²) in [6.07, 6.45) is 12.5. The van der Waals surface area contributed by atoms with Crippen LogP contribution in [0.25, 0.3) is 11.1 Å². The molecule has 1 heterocycles. The van der Waals surface area contributed by atoms with Gasteiger partial charge in [-0.15, -0.1) is 29.3 Å². The third-order valence-corrected chi connectivity index (χ3v) is 2.62. The number of aryl methyl sites for hydroxylation is 1. The molecule has 1 aromatic carbocycles. The molecule has 3 rings (SSSR count). The molecule has 1 aromatic heterocycles. The average Bonchev–Trinajstić information content (AvgIpc) is 3.42. The normalized spacial score (nSPS) is 10.4. The molecule has 4 nitrogen and oxygen atoms in total. The Hall–Kier alpha value is -1.59. The van der Waals surface area contributed by atoms with Gasteiger partial charge in [0.2, 0.25) is 0 Å². The van der Waals surface area contributed by atoms with E-state index in [1.54, 1.807) is 6.26 Å². The first kappa shape index (κ1) is 28.2. The van der Waals surface area contributed by atoms with Gasteiger partial charge in [0.05, 0.1) is 0 Å². The topological polar surface area (TPSA) is 72.8 Å². The van der Waals surface area contributed by atoms with E-state index < -0.39 is 0 Å². The Labute approximate surface area is 164 Å². The maximum absolute atomic E-state index is 7.50. The van der Waals surface area contributed by atoms with E-state index in [1.165, 1.54) is 5.56 Å². The Morgan fingerprint density at radius 1 is 0.840 bits per heavy atom. The fourth-order valence-electron chi connectivity index (χ4n) is 1.73. The van der Waals surface area contributed by atoms with Crippen LogP contribution in [0.5, 0.6) is 0 Å². The fraction of sp³-hybridized carbons (Fsp3) is 0.100. The predicted molar refractivity (Wildman–Crippen MR) is 85.6 cm³/mol. The summed E-state index contributed by atoms with van der Waals surface area (Å²) in [5, 5.41) is 0. The Morgan fingerprint density at radius 3 is 1.68 bits per heavy atom. The second-order valence-corrected chi connectivity index (χ2v) is 3.86. The molecule has 5 heteroatoms. The van der Waals surface area contributed by atoms with E-state index in [0.29, 0.717) is 0 Å². The summed E-state index contributed by atoms with van der Waals surface area (Å²) in [7, 11) is 0. The Bertz CT molecular complexity index is 544. The fourth-order valence-corrected chi connectivity index (χ4v) is 1.73. The molecular weight excluding hydrogens is 488 g/mol. The van der Waals surface area contributed by atoms with Gasteiger partial charge in [-0.1, -0.05) is 25.1 Å². The van der Waals surface area contributed by atoms with E-state index in [4.69, 9.17) is 18.4 Å². The van der Waals surface area contributed by atoms with Crippen LogP contribution in [0.3, 0.4) is 0 Å². The molecule has 0 amide bonds. The number of furan rings is 1. The van der Waals surface area contributed by atoms with Crippen LogP contribution in [-0.4, -0.2) is 0 Å². The molecule has 2 aromatic rings. The van der Waals surface area contributed by atoms with Crippen molar-refractivity contribution in [3.8, 4) is 11.1 Å². The second-order valence-electron chi connectivity index (χ2n) is 3.86. The number of hydrogen-bond acceptors (Lipinski definition) is 1. The molecule has 0 N–H and O–H groups in total. The van der Waals surface area contributed by atoms with Gasteiger partial charge in [-0.2, -0.15) is 0 Å². The zero-order valence-electron chi connectivity index (χ0n) is 13.6. The summed E-state index contributed by atoms with van der Waals surface area (Å²) in [5.74, 6) is 1.01. The van der Waals surface area contributed by atoms with E-state index in [9.17, 15) is 0 Å². The van der Waals surface area contributed by atoms with Gasteiger partial charge in [-0.3, -0.25) is 0 Å². The molecule has 0 aliphatic heterocycles. The van der Waals surface area contributed by atoms with Crippen LogP contribution in [0.1, 0.15) is 12.7 Å². The van der Waals surface area contributed by atoms with Gasteiger partial charge in [-0.25, -0.2) is 0 Å². The molecule has 1 saturated carbocycles. The van der Waals surface area contributed by atoms with Crippen molar-refractivity contribution in [1.29, 1.82) is 0 Å². The van der Waals surface area contributed by atoms with E-state index >= 15 is 0 Å². The van der Waals surface area contributed by atoms with Crippen LogP contribution in [0, 0.1) is 58.1 Å². The van der Waals surface area contributed by atoms with Crippen LogP contribution >= 0.6 is 0 Å². The molecule has 0 atom stereocenters. The second kappa shape index (κ2) is 22.4. The van der Waals surface area contributed by atoms with Crippen LogP contribution in [0.15, 0.2) is 41.0 Å². The number of benzene rings is 1. The number of hydrogen-bond donors (Lipinski definition) is 0. The summed E-state index contributed by atoms with van der Waals surface area (Å²) in [6, 6.07) is 13.3. The largest absolute Gasteiger partial charge is 2.00 e. The number of rotatable bonds is 2. The smallest absolute Gasteiger partial charge is 0.0312 e. The van der Waals surface area contributed by atoms with E-state index in [1.807, 2.05) is 50.3 Å². The maximum atomic E-state index is 7.50. The van der Waals surface area contributed by atoms with Gasteiger partial charge in [0, 0.05) is 6.26 Å². The zero-order valence-corrected chi connectivity index (χ0v) is 16.5. The van der Waals surface area contributed by atoms with E-state index in [-0.39, 0.29) is 21.1 Å². The molecule has 1 aliphatic carbocycles. The Kier molecular flexibility index (Phi) is 25.3. The summed E-state index contributed by atoms with van der Waals surface area (Å²) in [6.45, 7) is 15.6. The minimum absolute atomic E-state index is 0. The molecule has 5 radical (unpaired) electrons. The Morgan fingerprint density at radius 2 is 1.28 bits per heavy atom. The van der Waals surface area contributed by atoms with Crippen molar-refractivity contribution in [1.82, 2.24) is 0 Å². The first-order chi connectivity index (χ1) is 11.9. The summed E-state index contributed by atoms with van der Waals surface area (Å²) >= 11 is 0. The van der Waals surface area contributed by atoms with Crippen molar-refractivity contribution >= 4 is 0 Å². The molecule has 0 bridgehead atoms. The monoisotopic (exact) mass is 504 g/mol. The van der Waals surface area contributed by atoms with Crippen LogP contribution in [0.4, 0.5) is 0 Å². The van der Waals surface area contributed by atoms with Gasteiger partial charge in [-0.05, 0) is 44.3 Å². The van der Waals surface area contributed by atoms with Gasteiger partial charge in [0.25, 0.3) is 0 Å². The van der Waals surface area contributed by atoms with E-state index in [2.05, 4.69) is 45.1 Å². The third kappa shape index (κ3) is 12.4. The predicted octanol–water partition coefficient (Wildman–Crippen LogP) is 4.22. The molecule has 0 unspecified atom stereocenters. The zero-order chi connectivity index (χ0) is 18.6. The van der Waals surface area contributed by atoms with Crippen LogP contribution in [0.2, 0.25) is 0 Å². The van der Waals surface area contributed by atoms with Gasteiger partial charge >= 0.3 is 55.0 Å². The van der Waals surface area contributed by atoms with Crippen molar-refractivity contribution in [2.45, 2.75) is 13.3 Å². The molecule has 25 heavy (non-hydrogen) atoms. The van der Waals surface area contributed by atoms with Crippen molar-refractivity contribution in [2.24, 2.45) is 0 Å². The van der Waals surface area contributed by atoms with Gasteiger partial charge in [0.15, 0.2) is 0 Å². The quantitative estimate of drug-likeness (QED) is 0.446. The summed E-state index contributed by atoms with van der Waals surface area (Å²) in [4.78, 5) is 0. The maximum Gasteiger partial charge on any atom is 2.00 e. The minimum atomic E-state index is 0. The molecule has 0 spiro atoms. The van der Waals surface area contributed by atoms with Crippen molar-refractivity contribution < 1.29 is 39.4 Å². The van der Waals surface area contributed by atoms with Crippen molar-refractivity contribution in [2.75, 3.05) is 0 Å². The van der Waals surface area contributed by atoms with Crippen molar-refractivity contribution in [3.63, 3.8) is 0 Å². The van der Waals surface area contributed by atoms with Crippen LogP contribution < -0.4 is 0 Å². The van der Waals surface area contributed by atoms with E-state index in [0.717, 1.165) is 17.7 Å². The first-order valence-corrected chi connectivity index (χ1v) is 6.73. The molecule has 1 aliphatic rings. The average molecular weight is 504 g/mol. The first-order valence-electron chi connectivity index (χ1n) is 6.73. The molecule has 1 fully saturated rings. The standard InChI is InChI=1S/C12H11O.C5H5.3CO.W/c1-2-12-11(8-9-13-12)10-6-4-3-5-7-10;1-2-4-5-3-1;3*1-2;/h3-7,9H,2H2,1H3;1-5H;;;;/q-1;;;;;+2. The van der Waals surface area contributed by atoms with Gasteiger partial charge in [0.1, 0.15) is 0 Å². The summed E-state index contributed by atoms with van der Waals surface area (Å²) < 4.78 is 27.8. The summed E-state index contributed by atoms with van der Waals surface area (Å²) in [5.41, 5.74) is 2.26.